The molecule has 1 aliphatic carbocycles. The molecule has 1 nitrogen and oxygen atoms in total. The first-order chi connectivity index (χ1) is 7.29. The van der Waals surface area contributed by atoms with E-state index in [9.17, 15) is 0 Å². The lowest BCUT2D eigenvalue weighted by atomic mass is 9.88. The summed E-state index contributed by atoms with van der Waals surface area (Å²) in [7, 11) is 0. The van der Waals surface area contributed by atoms with E-state index in [0.717, 1.165) is 12.0 Å². The Kier molecular flexibility index (Phi) is 2.69. The second kappa shape index (κ2) is 4.14. The summed E-state index contributed by atoms with van der Waals surface area (Å²) in [5.41, 5.74) is 3.44. The maximum atomic E-state index is 8.86. The van der Waals surface area contributed by atoms with E-state index in [4.69, 9.17) is 5.26 Å². The third-order valence-corrected chi connectivity index (χ3v) is 2.69. The van der Waals surface area contributed by atoms with Crippen molar-refractivity contribution in [3.8, 4) is 6.07 Å². The van der Waals surface area contributed by atoms with Gasteiger partial charge in [-0.3, -0.25) is 0 Å². The van der Waals surface area contributed by atoms with Gasteiger partial charge in [0.05, 0.1) is 6.07 Å². The number of rotatable bonds is 1. The number of benzene rings is 1. The number of nitriles is 1. The number of allylic oxidation sites excluding steroid dienone is 4. The second-order valence-corrected chi connectivity index (χ2v) is 3.91. The highest BCUT2D eigenvalue weighted by Crippen LogP contribution is 2.28. The minimum absolute atomic E-state index is 0.365. The summed E-state index contributed by atoms with van der Waals surface area (Å²) in [6, 6.07) is 10.7. The van der Waals surface area contributed by atoms with Gasteiger partial charge < -0.3 is 0 Å². The molecule has 1 heteroatoms. The SMILES string of the molecule is Cc1cccc(C2C=CC=C(C#N)C2)c1. The van der Waals surface area contributed by atoms with Crippen molar-refractivity contribution < 1.29 is 0 Å². The Bertz CT molecular complexity index is 460. The average Bonchev–Trinajstić information content (AvgIpc) is 2.29. The predicted octanol–water partition coefficient (Wildman–Crippen LogP) is 3.49. The zero-order chi connectivity index (χ0) is 10.7. The fourth-order valence-electron chi connectivity index (χ4n) is 1.89. The van der Waals surface area contributed by atoms with Crippen LogP contribution in [0.15, 0.2) is 48.1 Å². The van der Waals surface area contributed by atoms with Crippen LogP contribution in [-0.2, 0) is 0 Å². The van der Waals surface area contributed by atoms with E-state index >= 15 is 0 Å². The standard InChI is InChI=1S/C14H13N/c1-11-4-2-6-13(8-11)14-7-3-5-12(9-14)10-15/h2-8,14H,9H2,1H3. The Morgan fingerprint density at radius 3 is 3.00 bits per heavy atom. The number of aryl methyl sites for hydroxylation is 1. The molecule has 1 unspecified atom stereocenters. The van der Waals surface area contributed by atoms with Crippen molar-refractivity contribution in [2.24, 2.45) is 0 Å². The molecule has 0 fully saturated rings. The Balaban J connectivity index is 2.25. The highest BCUT2D eigenvalue weighted by molar-refractivity contribution is 5.38. The fraction of sp³-hybridized carbons (Fsp3) is 0.214. The highest BCUT2D eigenvalue weighted by atomic mass is 14.3. The van der Waals surface area contributed by atoms with Crippen LogP contribution >= 0.6 is 0 Å². The summed E-state index contributed by atoms with van der Waals surface area (Å²) < 4.78 is 0. The van der Waals surface area contributed by atoms with E-state index in [-0.39, 0.29) is 0 Å². The smallest absolute Gasteiger partial charge is 0.0947 e. The van der Waals surface area contributed by atoms with Crippen molar-refractivity contribution in [1.29, 1.82) is 5.26 Å². The van der Waals surface area contributed by atoms with Gasteiger partial charge in [0.1, 0.15) is 0 Å². The molecule has 2 rings (SSSR count). The van der Waals surface area contributed by atoms with Crippen LogP contribution in [0.5, 0.6) is 0 Å². The molecule has 1 aromatic rings. The van der Waals surface area contributed by atoms with Gasteiger partial charge in [0.25, 0.3) is 0 Å². The number of nitrogens with zero attached hydrogens (tertiary/aromatic N) is 1. The molecule has 0 saturated heterocycles. The molecule has 0 N–H and O–H groups in total. The average molecular weight is 195 g/mol. The molecule has 1 aromatic carbocycles. The summed E-state index contributed by atoms with van der Waals surface area (Å²) in [5, 5.41) is 8.86. The maximum absolute atomic E-state index is 8.86. The van der Waals surface area contributed by atoms with Gasteiger partial charge in [0, 0.05) is 11.5 Å². The molecule has 0 spiro atoms. The van der Waals surface area contributed by atoms with Crippen molar-refractivity contribution in [1.82, 2.24) is 0 Å². The van der Waals surface area contributed by atoms with Gasteiger partial charge in [-0.25, -0.2) is 0 Å². The van der Waals surface area contributed by atoms with Gasteiger partial charge in [0.15, 0.2) is 0 Å². The second-order valence-electron chi connectivity index (χ2n) is 3.91. The quantitative estimate of drug-likeness (QED) is 0.673. The van der Waals surface area contributed by atoms with E-state index in [1.54, 1.807) is 0 Å². The molecule has 0 radical (unpaired) electrons. The Hall–Kier alpha value is -1.81. The molecule has 0 bridgehead atoms. The zero-order valence-electron chi connectivity index (χ0n) is 8.77. The fourth-order valence-corrected chi connectivity index (χ4v) is 1.89. The minimum atomic E-state index is 0.365. The Labute approximate surface area is 90.4 Å². The Morgan fingerprint density at radius 2 is 2.27 bits per heavy atom. The minimum Gasteiger partial charge on any atom is -0.193 e. The van der Waals surface area contributed by atoms with Crippen LogP contribution in [0.25, 0.3) is 0 Å². The maximum Gasteiger partial charge on any atom is 0.0947 e. The molecule has 0 saturated carbocycles. The first kappa shape index (κ1) is 9.73. The van der Waals surface area contributed by atoms with Crippen molar-refractivity contribution in [3.63, 3.8) is 0 Å². The van der Waals surface area contributed by atoms with Crippen molar-refractivity contribution >= 4 is 0 Å². The first-order valence-electron chi connectivity index (χ1n) is 5.13. The van der Waals surface area contributed by atoms with Crippen LogP contribution < -0.4 is 0 Å². The van der Waals surface area contributed by atoms with Gasteiger partial charge >= 0.3 is 0 Å². The summed E-state index contributed by atoms with van der Waals surface area (Å²) in [5.74, 6) is 0.365. The molecule has 0 aromatic heterocycles. The van der Waals surface area contributed by atoms with Gasteiger partial charge in [-0.05, 0) is 25.0 Å². The molecule has 1 aliphatic rings. The van der Waals surface area contributed by atoms with Crippen molar-refractivity contribution in [2.75, 3.05) is 0 Å². The molecule has 15 heavy (non-hydrogen) atoms. The normalized spacial score (nSPS) is 19.5. The van der Waals surface area contributed by atoms with Crippen LogP contribution in [0.4, 0.5) is 0 Å². The van der Waals surface area contributed by atoms with Crippen molar-refractivity contribution in [3.05, 3.63) is 59.2 Å². The lowest BCUT2D eigenvalue weighted by Gasteiger charge is -2.15. The summed E-state index contributed by atoms with van der Waals surface area (Å²) >= 11 is 0. The lowest BCUT2D eigenvalue weighted by molar-refractivity contribution is 0.830. The largest absolute Gasteiger partial charge is 0.193 e. The zero-order valence-corrected chi connectivity index (χ0v) is 8.77. The van der Waals surface area contributed by atoms with Crippen LogP contribution in [0.2, 0.25) is 0 Å². The van der Waals surface area contributed by atoms with E-state index in [1.807, 2.05) is 12.2 Å². The van der Waals surface area contributed by atoms with Crippen LogP contribution in [0.3, 0.4) is 0 Å². The van der Waals surface area contributed by atoms with Crippen LogP contribution in [0.1, 0.15) is 23.5 Å². The summed E-state index contributed by atoms with van der Waals surface area (Å²) in [6.45, 7) is 2.09. The van der Waals surface area contributed by atoms with E-state index in [2.05, 4.69) is 43.3 Å². The first-order valence-corrected chi connectivity index (χ1v) is 5.13. The third kappa shape index (κ3) is 2.16. The highest BCUT2D eigenvalue weighted by Gasteiger charge is 2.12. The molecular formula is C14H13N. The topological polar surface area (TPSA) is 23.8 Å². The van der Waals surface area contributed by atoms with E-state index < -0.39 is 0 Å². The summed E-state index contributed by atoms with van der Waals surface area (Å²) in [6.07, 6.45) is 6.87. The number of hydrogen-bond acceptors (Lipinski definition) is 1. The lowest BCUT2D eigenvalue weighted by Crippen LogP contribution is -2.00. The molecule has 74 valence electrons. The third-order valence-electron chi connectivity index (χ3n) is 2.69. The Morgan fingerprint density at radius 1 is 1.40 bits per heavy atom. The molecule has 0 heterocycles. The van der Waals surface area contributed by atoms with Gasteiger partial charge in [-0.15, -0.1) is 0 Å². The molecule has 0 aliphatic heterocycles. The summed E-state index contributed by atoms with van der Waals surface area (Å²) in [4.78, 5) is 0. The van der Waals surface area contributed by atoms with E-state index in [1.165, 1.54) is 11.1 Å². The van der Waals surface area contributed by atoms with Crippen LogP contribution in [-0.4, -0.2) is 0 Å². The number of hydrogen-bond donors (Lipinski definition) is 0. The molecule has 1 atom stereocenters. The predicted molar refractivity (Wildman–Crippen MR) is 61.4 cm³/mol. The van der Waals surface area contributed by atoms with Crippen LogP contribution in [0, 0.1) is 18.3 Å². The van der Waals surface area contributed by atoms with E-state index in [0.29, 0.717) is 5.92 Å². The van der Waals surface area contributed by atoms with Gasteiger partial charge in [-0.2, -0.15) is 5.26 Å². The monoisotopic (exact) mass is 195 g/mol. The van der Waals surface area contributed by atoms with Gasteiger partial charge in [-0.1, -0.05) is 42.0 Å². The van der Waals surface area contributed by atoms with Gasteiger partial charge in [0.2, 0.25) is 0 Å². The van der Waals surface area contributed by atoms with Crippen molar-refractivity contribution in [2.45, 2.75) is 19.3 Å². The molecular weight excluding hydrogens is 182 g/mol. The molecule has 0 amide bonds.